The van der Waals surface area contributed by atoms with Gasteiger partial charge in [0.05, 0.1) is 26.1 Å². The molecule has 0 atom stereocenters. The molecule has 0 saturated heterocycles. The van der Waals surface area contributed by atoms with E-state index in [0.29, 0.717) is 37.1 Å². The summed E-state index contributed by atoms with van der Waals surface area (Å²) in [6.45, 7) is 7.50. The van der Waals surface area contributed by atoms with Gasteiger partial charge >= 0.3 is 0 Å². The highest BCUT2D eigenvalue weighted by molar-refractivity contribution is 7.99. The molecular formula is C23H29N5O4S. The number of hydrogen-bond donors (Lipinski definition) is 1. The lowest BCUT2D eigenvalue weighted by molar-refractivity contribution is -0.118. The number of tetrazole rings is 1. The third-order valence-corrected chi connectivity index (χ3v) is 5.60. The number of ether oxygens (including phenoxy) is 3. The molecule has 0 radical (unpaired) electrons. The number of carbonyl (C=O) groups excluding carboxylic acids is 1. The van der Waals surface area contributed by atoms with Crippen LogP contribution in [0, 0.1) is 6.92 Å². The van der Waals surface area contributed by atoms with E-state index in [1.165, 1.54) is 11.8 Å². The monoisotopic (exact) mass is 471 g/mol. The third-order valence-electron chi connectivity index (χ3n) is 4.68. The first-order chi connectivity index (χ1) is 16.0. The summed E-state index contributed by atoms with van der Waals surface area (Å²) in [6.07, 6.45) is 0.682. The highest BCUT2D eigenvalue weighted by Crippen LogP contribution is 2.29. The number of aromatic nitrogens is 4. The van der Waals surface area contributed by atoms with Crippen molar-refractivity contribution in [3.05, 3.63) is 47.5 Å². The van der Waals surface area contributed by atoms with Crippen molar-refractivity contribution in [2.45, 2.75) is 32.3 Å². The fraction of sp³-hybridized carbons (Fsp3) is 0.391. The molecule has 0 saturated carbocycles. The SMILES string of the molecule is CCOc1ccc(CCNC(=O)CSc2nnnn2-c2cc(C)ccc2OC)cc1OCC. The number of hydrogen-bond acceptors (Lipinski definition) is 8. The van der Waals surface area contributed by atoms with Crippen molar-refractivity contribution in [2.75, 3.05) is 32.6 Å². The fourth-order valence-electron chi connectivity index (χ4n) is 3.16. The Balaban J connectivity index is 1.54. The predicted octanol–water partition coefficient (Wildman–Crippen LogP) is 3.23. The van der Waals surface area contributed by atoms with Crippen molar-refractivity contribution in [3.63, 3.8) is 0 Å². The van der Waals surface area contributed by atoms with Crippen molar-refractivity contribution in [2.24, 2.45) is 0 Å². The summed E-state index contributed by atoms with van der Waals surface area (Å²) in [5, 5.41) is 15.3. The van der Waals surface area contributed by atoms with E-state index < -0.39 is 0 Å². The Morgan fingerprint density at radius 2 is 1.82 bits per heavy atom. The van der Waals surface area contributed by atoms with E-state index in [2.05, 4.69) is 20.8 Å². The molecule has 0 fully saturated rings. The van der Waals surface area contributed by atoms with Gasteiger partial charge in [0, 0.05) is 6.54 Å². The van der Waals surface area contributed by atoms with Crippen molar-refractivity contribution in [3.8, 4) is 22.9 Å². The van der Waals surface area contributed by atoms with Gasteiger partial charge in [-0.3, -0.25) is 4.79 Å². The van der Waals surface area contributed by atoms with Crippen LogP contribution in [0.4, 0.5) is 0 Å². The molecule has 1 N–H and O–H groups in total. The minimum absolute atomic E-state index is 0.0956. The number of thioether (sulfide) groups is 1. The largest absolute Gasteiger partial charge is 0.494 e. The molecule has 0 aliphatic rings. The Hall–Kier alpha value is -3.27. The van der Waals surface area contributed by atoms with Crippen LogP contribution in [0.5, 0.6) is 17.2 Å². The molecular weight excluding hydrogens is 442 g/mol. The second kappa shape index (κ2) is 12.1. The number of amides is 1. The number of methoxy groups -OCH3 is 1. The maximum absolute atomic E-state index is 12.4. The summed E-state index contributed by atoms with van der Waals surface area (Å²) in [6, 6.07) is 11.6. The zero-order valence-electron chi connectivity index (χ0n) is 19.3. The van der Waals surface area contributed by atoms with E-state index in [0.717, 1.165) is 28.3 Å². The summed E-state index contributed by atoms with van der Waals surface area (Å²) in [5.74, 6) is 2.20. The number of aryl methyl sites for hydroxylation is 1. The Morgan fingerprint density at radius 1 is 1.06 bits per heavy atom. The van der Waals surface area contributed by atoms with Gasteiger partial charge < -0.3 is 19.5 Å². The molecule has 1 amide bonds. The highest BCUT2D eigenvalue weighted by Gasteiger charge is 2.15. The van der Waals surface area contributed by atoms with Crippen LogP contribution in [-0.4, -0.2) is 58.7 Å². The van der Waals surface area contributed by atoms with Crippen LogP contribution in [0.3, 0.4) is 0 Å². The van der Waals surface area contributed by atoms with Crippen molar-refractivity contribution < 1.29 is 19.0 Å². The van der Waals surface area contributed by atoms with E-state index in [-0.39, 0.29) is 11.7 Å². The van der Waals surface area contributed by atoms with Gasteiger partial charge in [0.1, 0.15) is 11.4 Å². The van der Waals surface area contributed by atoms with Gasteiger partial charge in [-0.15, -0.1) is 5.10 Å². The maximum atomic E-state index is 12.4. The lowest BCUT2D eigenvalue weighted by Gasteiger charge is -2.12. The fourth-order valence-corrected chi connectivity index (χ4v) is 3.88. The molecule has 0 bridgehead atoms. The highest BCUT2D eigenvalue weighted by atomic mass is 32.2. The first kappa shape index (κ1) is 24.4. The van der Waals surface area contributed by atoms with Crippen LogP contribution in [0.1, 0.15) is 25.0 Å². The lowest BCUT2D eigenvalue weighted by Crippen LogP contribution is -2.27. The zero-order valence-corrected chi connectivity index (χ0v) is 20.1. The van der Waals surface area contributed by atoms with Crippen LogP contribution in [0.2, 0.25) is 0 Å². The average Bonchev–Trinajstić information content (AvgIpc) is 3.28. The summed E-state index contributed by atoms with van der Waals surface area (Å²) < 4.78 is 18.3. The minimum atomic E-state index is -0.0956. The van der Waals surface area contributed by atoms with Gasteiger partial charge in [0.2, 0.25) is 11.1 Å². The van der Waals surface area contributed by atoms with Gasteiger partial charge in [-0.05, 0) is 73.0 Å². The van der Waals surface area contributed by atoms with Gasteiger partial charge in [0.15, 0.2) is 11.5 Å². The van der Waals surface area contributed by atoms with E-state index in [1.807, 2.05) is 57.2 Å². The second-order valence-corrected chi connectivity index (χ2v) is 8.03. The standard InChI is InChI=1S/C23H29N5O4S/c1-5-31-20-10-8-17(14-21(20)32-6-2)11-12-24-22(29)15-33-23-25-26-27-28(23)18-13-16(3)7-9-19(18)30-4/h7-10,13-14H,5-6,11-12,15H2,1-4H3,(H,24,29). The number of benzene rings is 2. The van der Waals surface area contributed by atoms with E-state index in [1.54, 1.807) is 11.8 Å². The minimum Gasteiger partial charge on any atom is -0.494 e. The molecule has 1 aromatic heterocycles. The number of rotatable bonds is 12. The Labute approximate surface area is 197 Å². The Bertz CT molecular complexity index is 1070. The maximum Gasteiger partial charge on any atom is 0.230 e. The number of nitrogens with one attached hydrogen (secondary N) is 1. The summed E-state index contributed by atoms with van der Waals surface area (Å²) in [4.78, 5) is 12.4. The molecule has 176 valence electrons. The van der Waals surface area contributed by atoms with Gasteiger partial charge in [0.25, 0.3) is 0 Å². The van der Waals surface area contributed by atoms with E-state index in [9.17, 15) is 4.79 Å². The normalized spacial score (nSPS) is 10.7. The Morgan fingerprint density at radius 3 is 2.58 bits per heavy atom. The van der Waals surface area contributed by atoms with Gasteiger partial charge in [-0.25, -0.2) is 0 Å². The lowest BCUT2D eigenvalue weighted by atomic mass is 10.1. The predicted molar refractivity (Wildman–Crippen MR) is 127 cm³/mol. The van der Waals surface area contributed by atoms with Gasteiger partial charge in [-0.1, -0.05) is 23.9 Å². The average molecular weight is 472 g/mol. The molecule has 10 heteroatoms. The first-order valence-electron chi connectivity index (χ1n) is 10.8. The third kappa shape index (κ3) is 6.61. The first-order valence-corrected chi connectivity index (χ1v) is 11.8. The molecule has 0 unspecified atom stereocenters. The Kier molecular flexibility index (Phi) is 8.94. The molecule has 3 rings (SSSR count). The van der Waals surface area contributed by atoms with E-state index >= 15 is 0 Å². The second-order valence-electron chi connectivity index (χ2n) is 7.08. The summed E-state index contributed by atoms with van der Waals surface area (Å²) in [5.41, 5.74) is 2.84. The van der Waals surface area contributed by atoms with Crippen LogP contribution >= 0.6 is 11.8 Å². The van der Waals surface area contributed by atoms with Crippen LogP contribution in [0.25, 0.3) is 5.69 Å². The molecule has 0 spiro atoms. The molecule has 0 aliphatic carbocycles. The molecule has 2 aromatic carbocycles. The summed E-state index contributed by atoms with van der Waals surface area (Å²) >= 11 is 1.27. The summed E-state index contributed by atoms with van der Waals surface area (Å²) in [7, 11) is 1.60. The number of nitrogens with zero attached hydrogens (tertiary/aromatic N) is 4. The van der Waals surface area contributed by atoms with Crippen LogP contribution in [0.15, 0.2) is 41.6 Å². The molecule has 0 aliphatic heterocycles. The van der Waals surface area contributed by atoms with Crippen LogP contribution < -0.4 is 19.5 Å². The quantitative estimate of drug-likeness (QED) is 0.402. The van der Waals surface area contributed by atoms with E-state index in [4.69, 9.17) is 14.2 Å². The molecule has 9 nitrogen and oxygen atoms in total. The van der Waals surface area contributed by atoms with Crippen molar-refractivity contribution in [1.29, 1.82) is 0 Å². The smallest absolute Gasteiger partial charge is 0.230 e. The van der Waals surface area contributed by atoms with Crippen molar-refractivity contribution >= 4 is 17.7 Å². The van der Waals surface area contributed by atoms with Crippen molar-refractivity contribution in [1.82, 2.24) is 25.5 Å². The molecule has 33 heavy (non-hydrogen) atoms. The van der Waals surface area contributed by atoms with Gasteiger partial charge in [-0.2, -0.15) is 4.68 Å². The number of carbonyl (C=O) groups is 1. The zero-order chi connectivity index (χ0) is 23.6. The van der Waals surface area contributed by atoms with Crippen LogP contribution in [-0.2, 0) is 11.2 Å². The topological polar surface area (TPSA) is 100 Å². The molecule has 3 aromatic rings. The molecule has 1 heterocycles.